The zero-order chi connectivity index (χ0) is 18.5. The van der Waals surface area contributed by atoms with Crippen LogP contribution in [0.15, 0.2) is 36.9 Å². The van der Waals surface area contributed by atoms with Crippen LogP contribution in [0.4, 0.5) is 0 Å². The first-order valence-electron chi connectivity index (χ1n) is 8.51. The molecule has 2 aromatic heterocycles. The molecule has 0 aliphatic carbocycles. The summed E-state index contributed by atoms with van der Waals surface area (Å²) in [6, 6.07) is 6.01. The molecule has 0 radical (unpaired) electrons. The van der Waals surface area contributed by atoms with Crippen molar-refractivity contribution in [2.75, 3.05) is 13.2 Å². The third-order valence-electron chi connectivity index (χ3n) is 4.25. The van der Waals surface area contributed by atoms with Crippen LogP contribution in [0, 0.1) is 13.8 Å². The Morgan fingerprint density at radius 2 is 2.12 bits per heavy atom. The second kappa shape index (κ2) is 7.86. The highest BCUT2D eigenvalue weighted by Crippen LogP contribution is 2.23. The number of nitrogens with one attached hydrogen (secondary N) is 1. The van der Waals surface area contributed by atoms with Crippen molar-refractivity contribution < 1.29 is 14.3 Å². The molecule has 0 unspecified atom stereocenters. The summed E-state index contributed by atoms with van der Waals surface area (Å²) in [5.74, 6) is 0.446. The minimum atomic E-state index is -0.431. The number of carbonyl (C=O) groups is 1. The normalized spacial score (nSPS) is 10.7. The summed E-state index contributed by atoms with van der Waals surface area (Å²) in [7, 11) is 0. The van der Waals surface area contributed by atoms with Gasteiger partial charge in [-0.15, -0.1) is 0 Å². The average molecular weight is 354 g/mol. The molecule has 26 heavy (non-hydrogen) atoms. The third kappa shape index (κ3) is 3.61. The van der Waals surface area contributed by atoms with Gasteiger partial charge in [0.1, 0.15) is 12.4 Å². The lowest BCUT2D eigenvalue weighted by Crippen LogP contribution is -2.11. The molecule has 3 rings (SSSR count). The Balaban J connectivity index is 1.73. The number of aromatic amines is 1. The van der Waals surface area contributed by atoms with Crippen LogP contribution in [0.5, 0.6) is 5.75 Å². The maximum absolute atomic E-state index is 12.1. The SMILES string of the molecule is CCOC(=O)c1[nH]ncc1-c1cncn1CCOc1cccc(C)c1C. The van der Waals surface area contributed by atoms with Gasteiger partial charge >= 0.3 is 5.97 Å². The van der Waals surface area contributed by atoms with Gasteiger partial charge < -0.3 is 14.0 Å². The van der Waals surface area contributed by atoms with E-state index in [9.17, 15) is 4.79 Å². The van der Waals surface area contributed by atoms with Gasteiger partial charge in [0.2, 0.25) is 0 Å². The van der Waals surface area contributed by atoms with E-state index < -0.39 is 5.97 Å². The number of aromatic nitrogens is 4. The van der Waals surface area contributed by atoms with Crippen molar-refractivity contribution in [1.29, 1.82) is 0 Å². The molecule has 0 saturated carbocycles. The molecule has 0 fully saturated rings. The van der Waals surface area contributed by atoms with Gasteiger partial charge in [-0.3, -0.25) is 5.10 Å². The largest absolute Gasteiger partial charge is 0.491 e. The predicted octanol–water partition coefficient (Wildman–Crippen LogP) is 3.15. The molecule has 0 aliphatic heterocycles. The number of carbonyl (C=O) groups excluding carboxylic acids is 1. The number of ether oxygens (including phenoxy) is 2. The molecule has 1 N–H and O–H groups in total. The van der Waals surface area contributed by atoms with Gasteiger partial charge in [0.25, 0.3) is 0 Å². The summed E-state index contributed by atoms with van der Waals surface area (Å²) in [4.78, 5) is 16.2. The molecule has 7 heteroatoms. The molecule has 0 aliphatic rings. The number of hydrogen-bond donors (Lipinski definition) is 1. The maximum atomic E-state index is 12.1. The molecule has 7 nitrogen and oxygen atoms in total. The van der Waals surface area contributed by atoms with Gasteiger partial charge in [-0.1, -0.05) is 12.1 Å². The molecule has 3 aromatic rings. The molecule has 0 bridgehead atoms. The van der Waals surface area contributed by atoms with Crippen LogP contribution >= 0.6 is 0 Å². The van der Waals surface area contributed by atoms with Crippen molar-refractivity contribution in [1.82, 2.24) is 19.7 Å². The molecule has 136 valence electrons. The van der Waals surface area contributed by atoms with Crippen molar-refractivity contribution in [2.24, 2.45) is 0 Å². The van der Waals surface area contributed by atoms with Gasteiger partial charge in [-0.05, 0) is 38.0 Å². The summed E-state index contributed by atoms with van der Waals surface area (Å²) >= 11 is 0. The highest BCUT2D eigenvalue weighted by atomic mass is 16.5. The molecule has 0 atom stereocenters. The quantitative estimate of drug-likeness (QED) is 0.659. The third-order valence-corrected chi connectivity index (χ3v) is 4.25. The van der Waals surface area contributed by atoms with Crippen molar-refractivity contribution in [3.63, 3.8) is 0 Å². The number of hydrogen-bond acceptors (Lipinski definition) is 5. The topological polar surface area (TPSA) is 82.0 Å². The summed E-state index contributed by atoms with van der Waals surface area (Å²) in [6.45, 7) is 7.26. The average Bonchev–Trinajstić information content (AvgIpc) is 3.27. The van der Waals surface area contributed by atoms with E-state index >= 15 is 0 Å². The van der Waals surface area contributed by atoms with Gasteiger partial charge in [-0.2, -0.15) is 5.10 Å². The van der Waals surface area contributed by atoms with Crippen LogP contribution in [0.2, 0.25) is 0 Å². The molecule has 0 saturated heterocycles. The van der Waals surface area contributed by atoms with Crippen molar-refractivity contribution in [3.8, 4) is 17.0 Å². The highest BCUT2D eigenvalue weighted by Gasteiger charge is 2.19. The Bertz CT molecular complexity index is 898. The van der Waals surface area contributed by atoms with Gasteiger partial charge in [0, 0.05) is 0 Å². The first kappa shape index (κ1) is 17.7. The number of rotatable bonds is 7. The lowest BCUT2D eigenvalue weighted by atomic mass is 10.1. The summed E-state index contributed by atoms with van der Waals surface area (Å²) in [6.07, 6.45) is 5.01. The van der Waals surface area contributed by atoms with Gasteiger partial charge in [0.15, 0.2) is 5.69 Å². The van der Waals surface area contributed by atoms with Gasteiger partial charge in [-0.25, -0.2) is 9.78 Å². The van der Waals surface area contributed by atoms with Crippen molar-refractivity contribution >= 4 is 5.97 Å². The van der Waals surface area contributed by atoms with E-state index in [4.69, 9.17) is 9.47 Å². The minimum absolute atomic E-state index is 0.306. The molecule has 2 heterocycles. The number of nitrogens with zero attached hydrogens (tertiary/aromatic N) is 3. The van der Waals surface area contributed by atoms with E-state index in [0.717, 1.165) is 17.0 Å². The van der Waals surface area contributed by atoms with E-state index in [1.807, 2.05) is 23.6 Å². The fourth-order valence-corrected chi connectivity index (χ4v) is 2.70. The smallest absolute Gasteiger partial charge is 0.357 e. The second-order valence-corrected chi connectivity index (χ2v) is 5.90. The summed E-state index contributed by atoms with van der Waals surface area (Å²) < 4.78 is 12.9. The Morgan fingerprint density at radius 3 is 2.92 bits per heavy atom. The molecule has 1 aromatic carbocycles. The van der Waals surface area contributed by atoms with E-state index in [2.05, 4.69) is 28.2 Å². The predicted molar refractivity (Wildman–Crippen MR) is 97.2 cm³/mol. The highest BCUT2D eigenvalue weighted by molar-refractivity contribution is 5.94. The molecule has 0 amide bonds. The summed E-state index contributed by atoms with van der Waals surface area (Å²) in [5, 5.41) is 6.68. The molecular formula is C19H22N4O3. The lowest BCUT2D eigenvalue weighted by molar-refractivity contribution is 0.0520. The zero-order valence-corrected chi connectivity index (χ0v) is 15.2. The fraction of sp³-hybridized carbons (Fsp3) is 0.316. The van der Waals surface area contributed by atoms with Crippen LogP contribution in [-0.2, 0) is 11.3 Å². The first-order valence-corrected chi connectivity index (χ1v) is 8.51. The van der Waals surface area contributed by atoms with E-state index in [0.29, 0.717) is 31.0 Å². The Kier molecular flexibility index (Phi) is 5.36. The molecule has 0 spiro atoms. The van der Waals surface area contributed by atoms with Crippen LogP contribution in [-0.4, -0.2) is 38.9 Å². The van der Waals surface area contributed by atoms with Crippen LogP contribution in [0.1, 0.15) is 28.5 Å². The Hall–Kier alpha value is -3.09. The van der Waals surface area contributed by atoms with E-state index in [1.165, 1.54) is 5.56 Å². The van der Waals surface area contributed by atoms with E-state index in [1.54, 1.807) is 25.6 Å². The number of esters is 1. The van der Waals surface area contributed by atoms with Crippen molar-refractivity contribution in [3.05, 3.63) is 53.7 Å². The van der Waals surface area contributed by atoms with Gasteiger partial charge in [0.05, 0.1) is 43.1 Å². The van der Waals surface area contributed by atoms with Crippen LogP contribution < -0.4 is 4.74 Å². The summed E-state index contributed by atoms with van der Waals surface area (Å²) in [5.41, 5.74) is 4.10. The second-order valence-electron chi connectivity index (χ2n) is 5.90. The monoisotopic (exact) mass is 354 g/mol. The number of H-pyrrole nitrogens is 1. The Labute approximate surface area is 152 Å². The van der Waals surface area contributed by atoms with Crippen LogP contribution in [0.3, 0.4) is 0 Å². The number of imidazole rings is 1. The van der Waals surface area contributed by atoms with Crippen LogP contribution in [0.25, 0.3) is 11.3 Å². The minimum Gasteiger partial charge on any atom is -0.491 e. The van der Waals surface area contributed by atoms with Crippen molar-refractivity contribution in [2.45, 2.75) is 27.3 Å². The fourth-order valence-electron chi connectivity index (χ4n) is 2.70. The number of benzene rings is 1. The zero-order valence-electron chi connectivity index (χ0n) is 15.2. The maximum Gasteiger partial charge on any atom is 0.357 e. The molecular weight excluding hydrogens is 332 g/mol. The first-order chi connectivity index (χ1) is 12.6. The number of aryl methyl sites for hydroxylation is 1. The standard InChI is InChI=1S/C19H22N4O3/c1-4-25-19(24)18-15(10-21-22-18)16-11-20-12-23(16)8-9-26-17-7-5-6-13(2)14(17)3/h5-7,10-12H,4,8-9H2,1-3H3,(H,21,22). The Morgan fingerprint density at radius 1 is 1.27 bits per heavy atom. The lowest BCUT2D eigenvalue weighted by Gasteiger charge is -2.12. The van der Waals surface area contributed by atoms with E-state index in [-0.39, 0.29) is 0 Å².